The third-order valence-corrected chi connectivity index (χ3v) is 5.14. The highest BCUT2D eigenvalue weighted by Crippen LogP contribution is 2.47. The van der Waals surface area contributed by atoms with Gasteiger partial charge in [-0.05, 0) is 64.2 Å². The summed E-state index contributed by atoms with van der Waals surface area (Å²) < 4.78 is 60.5. The first-order valence-electron chi connectivity index (χ1n) is 9.69. The lowest BCUT2D eigenvalue weighted by molar-refractivity contribution is -0.275. The molecule has 2 aliphatic rings. The van der Waals surface area contributed by atoms with E-state index in [4.69, 9.17) is 4.74 Å². The van der Waals surface area contributed by atoms with Gasteiger partial charge < -0.3 is 19.7 Å². The van der Waals surface area contributed by atoms with Crippen molar-refractivity contribution in [3.63, 3.8) is 0 Å². The molecule has 1 heterocycles. The van der Waals surface area contributed by atoms with Crippen molar-refractivity contribution in [3.8, 4) is 5.75 Å². The number of ether oxygens (including phenoxy) is 2. The van der Waals surface area contributed by atoms with E-state index in [0.717, 1.165) is 25.0 Å². The summed E-state index contributed by atoms with van der Waals surface area (Å²) in [6.07, 6.45) is -2.23. The van der Waals surface area contributed by atoms with E-state index in [1.807, 2.05) is 20.8 Å². The third kappa shape index (κ3) is 5.52. The van der Waals surface area contributed by atoms with Crippen LogP contribution in [0.15, 0.2) is 18.2 Å². The molecule has 2 fully saturated rings. The van der Waals surface area contributed by atoms with E-state index >= 15 is 0 Å². The van der Waals surface area contributed by atoms with Gasteiger partial charge in [-0.1, -0.05) is 6.07 Å². The van der Waals surface area contributed by atoms with E-state index in [-0.39, 0.29) is 12.1 Å². The summed E-state index contributed by atoms with van der Waals surface area (Å²) in [4.78, 5) is 14.1. The van der Waals surface area contributed by atoms with Crippen LogP contribution in [0.2, 0.25) is 0 Å². The van der Waals surface area contributed by atoms with Gasteiger partial charge in [0.15, 0.2) is 11.6 Å². The molecule has 0 radical (unpaired) electrons. The van der Waals surface area contributed by atoms with Crippen LogP contribution in [-0.4, -0.2) is 42.1 Å². The Bertz CT molecular complexity index is 757. The van der Waals surface area contributed by atoms with Gasteiger partial charge in [-0.15, -0.1) is 13.2 Å². The molecule has 5 nitrogen and oxygen atoms in total. The number of rotatable bonds is 5. The first kappa shape index (κ1) is 21.7. The second-order valence-electron chi connectivity index (χ2n) is 8.63. The van der Waals surface area contributed by atoms with Gasteiger partial charge in [0.25, 0.3) is 0 Å². The van der Waals surface area contributed by atoms with Crippen molar-refractivity contribution >= 4 is 6.09 Å². The fourth-order valence-electron chi connectivity index (χ4n) is 3.62. The van der Waals surface area contributed by atoms with E-state index in [9.17, 15) is 22.4 Å². The van der Waals surface area contributed by atoms with Gasteiger partial charge >= 0.3 is 12.5 Å². The quantitative estimate of drug-likeness (QED) is 0.704. The van der Waals surface area contributed by atoms with Crippen LogP contribution in [0, 0.1) is 5.82 Å². The second-order valence-corrected chi connectivity index (χ2v) is 8.63. The predicted octanol–water partition coefficient (Wildman–Crippen LogP) is 4.70. The normalized spacial score (nSPS) is 21.2. The average molecular weight is 418 g/mol. The van der Waals surface area contributed by atoms with Crippen molar-refractivity contribution < 1.29 is 31.8 Å². The van der Waals surface area contributed by atoms with Crippen molar-refractivity contribution in [1.29, 1.82) is 0 Å². The third-order valence-electron chi connectivity index (χ3n) is 5.14. The molecule has 1 aromatic rings. The summed E-state index contributed by atoms with van der Waals surface area (Å²) in [7, 11) is 0. The van der Waals surface area contributed by atoms with Crippen molar-refractivity contribution in [2.24, 2.45) is 0 Å². The average Bonchev–Trinajstić information content (AvgIpc) is 3.21. The Kier molecular flexibility index (Phi) is 5.73. The number of carbonyl (C=O) groups excluding carboxylic acids is 1. The van der Waals surface area contributed by atoms with Crippen LogP contribution in [0.1, 0.15) is 52.0 Å². The Morgan fingerprint density at radius 2 is 1.97 bits per heavy atom. The summed E-state index contributed by atoms with van der Waals surface area (Å²) in [5, 5.41) is 3.38. The summed E-state index contributed by atoms with van der Waals surface area (Å²) in [5.41, 5.74) is -0.571. The molecule has 9 heteroatoms. The molecular weight excluding hydrogens is 392 g/mol. The molecule has 1 aliphatic heterocycles. The first-order chi connectivity index (χ1) is 13.4. The molecular formula is C20H26F4N2O3. The molecule has 1 saturated heterocycles. The predicted molar refractivity (Wildman–Crippen MR) is 98.0 cm³/mol. The minimum atomic E-state index is -4.96. The lowest BCUT2D eigenvalue weighted by atomic mass is 10.0. The van der Waals surface area contributed by atoms with Crippen LogP contribution in [0.25, 0.3) is 0 Å². The van der Waals surface area contributed by atoms with Crippen LogP contribution in [0.3, 0.4) is 0 Å². The summed E-state index contributed by atoms with van der Waals surface area (Å²) in [6, 6.07) is 3.50. The number of likely N-dealkylation sites (tertiary alicyclic amines) is 1. The molecule has 0 bridgehead atoms. The van der Waals surface area contributed by atoms with Crippen LogP contribution < -0.4 is 10.1 Å². The summed E-state index contributed by atoms with van der Waals surface area (Å²) >= 11 is 0. The molecule has 0 unspecified atom stereocenters. The molecule has 0 spiro atoms. The molecule has 1 N–H and O–H groups in total. The van der Waals surface area contributed by atoms with Gasteiger partial charge in [0, 0.05) is 24.7 Å². The zero-order valence-electron chi connectivity index (χ0n) is 16.7. The van der Waals surface area contributed by atoms with Crippen LogP contribution in [0.5, 0.6) is 5.75 Å². The maximum atomic E-state index is 13.7. The van der Waals surface area contributed by atoms with Gasteiger partial charge in [-0.25, -0.2) is 9.18 Å². The van der Waals surface area contributed by atoms with E-state index in [1.54, 1.807) is 4.90 Å². The van der Waals surface area contributed by atoms with E-state index in [1.165, 1.54) is 6.07 Å². The zero-order valence-corrected chi connectivity index (χ0v) is 16.7. The summed E-state index contributed by atoms with van der Waals surface area (Å²) in [5.74, 6) is -1.90. The lowest BCUT2D eigenvalue weighted by Crippen LogP contribution is -2.46. The van der Waals surface area contributed by atoms with Crippen LogP contribution in [-0.2, 0) is 10.3 Å². The number of alkyl halides is 3. The Morgan fingerprint density at radius 1 is 1.28 bits per heavy atom. The molecule has 162 valence electrons. The van der Waals surface area contributed by atoms with E-state index < -0.39 is 29.1 Å². The van der Waals surface area contributed by atoms with Gasteiger partial charge in [0.2, 0.25) is 0 Å². The Morgan fingerprint density at radius 3 is 2.55 bits per heavy atom. The topological polar surface area (TPSA) is 50.8 Å². The number of nitrogens with one attached hydrogen (secondary N) is 1. The number of amides is 1. The summed E-state index contributed by atoms with van der Waals surface area (Å²) in [6.45, 7) is 6.51. The van der Waals surface area contributed by atoms with Crippen LogP contribution in [0.4, 0.5) is 22.4 Å². The number of benzene rings is 1. The van der Waals surface area contributed by atoms with Gasteiger partial charge in [0.1, 0.15) is 5.60 Å². The highest BCUT2D eigenvalue weighted by atomic mass is 19.4. The molecule has 0 aromatic heterocycles. The molecule has 1 amide bonds. The fourth-order valence-corrected chi connectivity index (χ4v) is 3.62. The maximum Gasteiger partial charge on any atom is 0.573 e. The fraction of sp³-hybridized carbons (Fsp3) is 0.650. The van der Waals surface area contributed by atoms with Gasteiger partial charge in [0.05, 0.1) is 0 Å². The SMILES string of the molecule is CC(C)(C)OC(=O)N1CCC[C@@H]1CNC1(c2ccc(F)c(OC(F)(F)F)c2)CC1. The largest absolute Gasteiger partial charge is 0.573 e. The van der Waals surface area contributed by atoms with E-state index in [0.29, 0.717) is 31.5 Å². The van der Waals surface area contributed by atoms with Gasteiger partial charge in [-0.3, -0.25) is 0 Å². The second kappa shape index (κ2) is 7.66. The zero-order chi connectivity index (χ0) is 21.4. The standard InChI is InChI=1S/C20H26F4N2O3/c1-18(2,3)29-17(27)26-10-4-5-14(26)12-25-19(8-9-19)13-6-7-15(21)16(11-13)28-20(22,23)24/h6-7,11,14,25H,4-5,8-10,12H2,1-3H3/t14-/m1/s1. The van der Waals surface area contributed by atoms with Crippen molar-refractivity contribution in [3.05, 3.63) is 29.6 Å². The number of halogens is 4. The number of hydrogen-bond donors (Lipinski definition) is 1. The minimum absolute atomic E-state index is 0.0614. The minimum Gasteiger partial charge on any atom is -0.444 e. The van der Waals surface area contributed by atoms with Crippen molar-refractivity contribution in [2.75, 3.05) is 13.1 Å². The van der Waals surface area contributed by atoms with Crippen LogP contribution >= 0.6 is 0 Å². The number of nitrogens with zero attached hydrogens (tertiary/aromatic N) is 1. The highest BCUT2D eigenvalue weighted by Gasteiger charge is 2.46. The van der Waals surface area contributed by atoms with E-state index in [2.05, 4.69) is 10.1 Å². The Labute approximate surface area is 167 Å². The van der Waals surface area contributed by atoms with Gasteiger partial charge in [-0.2, -0.15) is 0 Å². The highest BCUT2D eigenvalue weighted by molar-refractivity contribution is 5.69. The Balaban J connectivity index is 1.66. The van der Waals surface area contributed by atoms with Crippen molar-refractivity contribution in [1.82, 2.24) is 10.2 Å². The molecule has 29 heavy (non-hydrogen) atoms. The molecule has 1 atom stereocenters. The molecule has 3 rings (SSSR count). The molecule has 1 aliphatic carbocycles. The lowest BCUT2D eigenvalue weighted by Gasteiger charge is -2.30. The first-order valence-corrected chi connectivity index (χ1v) is 9.69. The molecule has 1 aromatic carbocycles. The maximum absolute atomic E-state index is 13.7. The Hall–Kier alpha value is -2.03. The smallest absolute Gasteiger partial charge is 0.444 e. The number of hydrogen-bond acceptors (Lipinski definition) is 4. The molecule has 1 saturated carbocycles. The van der Waals surface area contributed by atoms with Crippen molar-refractivity contribution in [2.45, 2.75) is 70.0 Å². The monoisotopic (exact) mass is 418 g/mol. The number of carbonyl (C=O) groups is 1.